The van der Waals surface area contributed by atoms with E-state index in [2.05, 4.69) is 0 Å². The van der Waals surface area contributed by atoms with Gasteiger partial charge in [-0.1, -0.05) is 26.0 Å². The van der Waals surface area contributed by atoms with Crippen LogP contribution in [-0.4, -0.2) is 61.7 Å². The molecule has 1 heterocycles. The van der Waals surface area contributed by atoms with Crippen molar-refractivity contribution in [2.75, 3.05) is 33.3 Å². The van der Waals surface area contributed by atoms with Gasteiger partial charge in [0.15, 0.2) is 0 Å². The Hall–Kier alpha value is -2.98. The van der Waals surface area contributed by atoms with Gasteiger partial charge in [-0.3, -0.25) is 14.9 Å². The number of methoxy groups -OCH3 is 1. The van der Waals surface area contributed by atoms with E-state index in [1.54, 1.807) is 12.1 Å². The molecule has 0 N–H and O–H groups in total. The molecule has 1 saturated heterocycles. The number of sulfonamides is 1. The van der Waals surface area contributed by atoms with Crippen LogP contribution in [0.1, 0.15) is 35.7 Å². The van der Waals surface area contributed by atoms with Crippen LogP contribution < -0.4 is 4.74 Å². The molecule has 0 saturated carbocycles. The van der Waals surface area contributed by atoms with Crippen molar-refractivity contribution in [3.05, 3.63) is 63.7 Å². The third-order valence-electron chi connectivity index (χ3n) is 5.33. The number of hydrogen-bond donors (Lipinski definition) is 0. The lowest BCUT2D eigenvalue weighted by molar-refractivity contribution is -0.384. The molecule has 2 aromatic carbocycles. The molecule has 166 valence electrons. The van der Waals surface area contributed by atoms with Gasteiger partial charge in [0.2, 0.25) is 10.0 Å². The van der Waals surface area contributed by atoms with Gasteiger partial charge in [-0.25, -0.2) is 8.42 Å². The number of ether oxygens (including phenoxy) is 1. The maximum absolute atomic E-state index is 13.0. The molecule has 0 bridgehead atoms. The second kappa shape index (κ2) is 9.03. The summed E-state index contributed by atoms with van der Waals surface area (Å²) in [6.45, 7) is 4.70. The molecule has 0 radical (unpaired) electrons. The fraction of sp³-hybridized carbons (Fsp3) is 0.381. The van der Waals surface area contributed by atoms with Gasteiger partial charge in [0.05, 0.1) is 22.5 Å². The van der Waals surface area contributed by atoms with Gasteiger partial charge in [0.25, 0.3) is 11.6 Å². The molecule has 1 aliphatic heterocycles. The van der Waals surface area contributed by atoms with E-state index in [0.29, 0.717) is 5.92 Å². The minimum Gasteiger partial charge on any atom is -0.496 e. The van der Waals surface area contributed by atoms with Crippen molar-refractivity contribution in [3.8, 4) is 5.75 Å². The fourth-order valence-corrected chi connectivity index (χ4v) is 4.87. The molecule has 0 aliphatic carbocycles. The van der Waals surface area contributed by atoms with E-state index in [0.717, 1.165) is 5.56 Å². The summed E-state index contributed by atoms with van der Waals surface area (Å²) in [4.78, 5) is 25.1. The molecule has 0 aromatic heterocycles. The molecule has 10 heteroatoms. The third-order valence-corrected chi connectivity index (χ3v) is 7.25. The number of hydrogen-bond acceptors (Lipinski definition) is 6. The summed E-state index contributed by atoms with van der Waals surface area (Å²) in [6.07, 6.45) is 0. The van der Waals surface area contributed by atoms with Crippen molar-refractivity contribution >= 4 is 21.6 Å². The Balaban J connectivity index is 1.74. The van der Waals surface area contributed by atoms with Gasteiger partial charge in [-0.15, -0.1) is 0 Å². The van der Waals surface area contributed by atoms with E-state index < -0.39 is 20.9 Å². The molecule has 2 aromatic rings. The summed E-state index contributed by atoms with van der Waals surface area (Å²) in [5.41, 5.74) is 0.924. The van der Waals surface area contributed by atoms with Crippen molar-refractivity contribution in [3.63, 3.8) is 0 Å². The van der Waals surface area contributed by atoms with Gasteiger partial charge in [0.1, 0.15) is 5.75 Å². The Morgan fingerprint density at radius 3 is 2.19 bits per heavy atom. The highest BCUT2D eigenvalue weighted by molar-refractivity contribution is 7.89. The van der Waals surface area contributed by atoms with Crippen LogP contribution in [0.3, 0.4) is 0 Å². The SMILES string of the molecule is COc1ccc([N+](=O)[O-])cc1C(=O)N1CCN(S(=O)(=O)c2ccc(C(C)C)cc2)CC1. The first kappa shape index (κ1) is 22.7. The van der Waals surface area contributed by atoms with Crippen molar-refractivity contribution in [1.82, 2.24) is 9.21 Å². The van der Waals surface area contributed by atoms with Crippen LogP contribution in [0.2, 0.25) is 0 Å². The highest BCUT2D eigenvalue weighted by atomic mass is 32.2. The zero-order valence-electron chi connectivity index (χ0n) is 17.6. The Morgan fingerprint density at radius 2 is 1.68 bits per heavy atom. The predicted octanol–water partition coefficient (Wildman–Crippen LogP) is 2.87. The number of nitro benzene ring substituents is 1. The molecule has 0 unspecified atom stereocenters. The number of nitrogens with zero attached hydrogens (tertiary/aromatic N) is 3. The molecule has 1 amide bonds. The molecule has 0 spiro atoms. The van der Waals surface area contributed by atoms with Crippen LogP contribution in [-0.2, 0) is 10.0 Å². The average molecular weight is 448 g/mol. The van der Waals surface area contributed by atoms with Gasteiger partial charge < -0.3 is 9.64 Å². The summed E-state index contributed by atoms with van der Waals surface area (Å²) < 4.78 is 32.5. The van der Waals surface area contributed by atoms with Crippen molar-refractivity contribution in [2.24, 2.45) is 0 Å². The number of piperazine rings is 1. The topological polar surface area (TPSA) is 110 Å². The monoisotopic (exact) mass is 447 g/mol. The quantitative estimate of drug-likeness (QED) is 0.497. The molecule has 1 aliphatic rings. The lowest BCUT2D eigenvalue weighted by Gasteiger charge is -2.34. The zero-order chi connectivity index (χ0) is 22.8. The number of carbonyl (C=O) groups excluding carboxylic acids is 1. The Morgan fingerprint density at radius 1 is 1.06 bits per heavy atom. The van der Waals surface area contributed by atoms with E-state index in [9.17, 15) is 23.3 Å². The first-order valence-electron chi connectivity index (χ1n) is 9.87. The number of rotatable bonds is 6. The van der Waals surface area contributed by atoms with Crippen LogP contribution in [0.25, 0.3) is 0 Å². The largest absolute Gasteiger partial charge is 0.496 e. The Bertz CT molecular complexity index is 1070. The molecule has 31 heavy (non-hydrogen) atoms. The third kappa shape index (κ3) is 4.70. The van der Waals surface area contributed by atoms with Crippen LogP contribution in [0.15, 0.2) is 47.4 Å². The summed E-state index contributed by atoms with van der Waals surface area (Å²) >= 11 is 0. The number of nitro groups is 1. The first-order chi connectivity index (χ1) is 14.6. The molecular weight excluding hydrogens is 422 g/mol. The molecule has 0 atom stereocenters. The average Bonchev–Trinajstić information content (AvgIpc) is 2.78. The zero-order valence-corrected chi connectivity index (χ0v) is 18.5. The first-order valence-corrected chi connectivity index (χ1v) is 11.3. The smallest absolute Gasteiger partial charge is 0.270 e. The van der Waals surface area contributed by atoms with E-state index in [1.807, 2.05) is 26.0 Å². The lowest BCUT2D eigenvalue weighted by atomic mass is 10.0. The minimum absolute atomic E-state index is 0.0808. The summed E-state index contributed by atoms with van der Waals surface area (Å²) in [5, 5.41) is 11.1. The standard InChI is InChI=1S/C21H25N3O6S/c1-15(2)16-4-7-18(8-5-16)31(28,29)23-12-10-22(11-13-23)21(25)19-14-17(24(26)27)6-9-20(19)30-3/h4-9,14-15H,10-13H2,1-3H3. The van der Waals surface area contributed by atoms with E-state index in [4.69, 9.17) is 4.74 Å². The summed E-state index contributed by atoms with van der Waals surface area (Å²) in [7, 11) is -2.29. The molecule has 9 nitrogen and oxygen atoms in total. The van der Waals surface area contributed by atoms with Crippen molar-refractivity contribution < 1.29 is 22.9 Å². The Kier molecular flexibility index (Phi) is 6.61. The lowest BCUT2D eigenvalue weighted by Crippen LogP contribution is -2.50. The maximum atomic E-state index is 13.0. The normalized spacial score (nSPS) is 15.2. The van der Waals surface area contributed by atoms with Gasteiger partial charge >= 0.3 is 0 Å². The number of amides is 1. The molecular formula is C21H25N3O6S. The van der Waals surface area contributed by atoms with E-state index in [-0.39, 0.29) is 48.1 Å². The second-order valence-electron chi connectivity index (χ2n) is 7.56. The highest BCUT2D eigenvalue weighted by Gasteiger charge is 2.31. The van der Waals surface area contributed by atoms with Gasteiger partial charge in [-0.05, 0) is 29.7 Å². The van der Waals surface area contributed by atoms with Gasteiger partial charge in [-0.2, -0.15) is 4.31 Å². The van der Waals surface area contributed by atoms with Crippen LogP contribution in [0.4, 0.5) is 5.69 Å². The Labute approximate surface area is 181 Å². The molecule has 1 fully saturated rings. The van der Waals surface area contributed by atoms with Crippen LogP contribution in [0.5, 0.6) is 5.75 Å². The highest BCUT2D eigenvalue weighted by Crippen LogP contribution is 2.27. The fourth-order valence-electron chi connectivity index (χ4n) is 3.45. The van der Waals surface area contributed by atoms with E-state index >= 15 is 0 Å². The second-order valence-corrected chi connectivity index (χ2v) is 9.50. The maximum Gasteiger partial charge on any atom is 0.270 e. The minimum atomic E-state index is -3.67. The molecule has 3 rings (SSSR count). The summed E-state index contributed by atoms with van der Waals surface area (Å²) in [5.74, 6) is 0.104. The van der Waals surface area contributed by atoms with E-state index in [1.165, 1.54) is 34.5 Å². The van der Waals surface area contributed by atoms with Crippen molar-refractivity contribution in [2.45, 2.75) is 24.7 Å². The number of benzene rings is 2. The number of non-ortho nitro benzene ring substituents is 1. The number of carbonyl (C=O) groups is 1. The van der Waals surface area contributed by atoms with Crippen LogP contribution >= 0.6 is 0 Å². The van der Waals surface area contributed by atoms with Crippen LogP contribution in [0, 0.1) is 10.1 Å². The van der Waals surface area contributed by atoms with Crippen molar-refractivity contribution in [1.29, 1.82) is 0 Å². The predicted molar refractivity (Wildman–Crippen MR) is 115 cm³/mol. The summed E-state index contributed by atoms with van der Waals surface area (Å²) in [6, 6.07) is 10.7. The van der Waals surface area contributed by atoms with Gasteiger partial charge in [0, 0.05) is 38.3 Å².